The maximum absolute atomic E-state index is 12.3. The molecular formula is C20H22BrN3O5. The minimum absolute atomic E-state index is 0.115. The van der Waals surface area contributed by atoms with Crippen LogP contribution >= 0.6 is 15.9 Å². The first-order valence-corrected chi connectivity index (χ1v) is 9.65. The monoisotopic (exact) mass is 463 g/mol. The highest BCUT2D eigenvalue weighted by molar-refractivity contribution is 9.10. The molecule has 154 valence electrons. The van der Waals surface area contributed by atoms with E-state index >= 15 is 0 Å². The van der Waals surface area contributed by atoms with E-state index in [-0.39, 0.29) is 5.91 Å². The smallest absolute Gasteiger partial charge is 0.269 e. The molecule has 0 radical (unpaired) electrons. The molecule has 0 saturated heterocycles. The molecule has 29 heavy (non-hydrogen) atoms. The van der Waals surface area contributed by atoms with Crippen molar-refractivity contribution in [1.82, 2.24) is 10.9 Å². The number of hydrazine groups is 1. The predicted octanol–water partition coefficient (Wildman–Crippen LogP) is 2.90. The summed E-state index contributed by atoms with van der Waals surface area (Å²) in [4.78, 5) is 35.8. The summed E-state index contributed by atoms with van der Waals surface area (Å²) < 4.78 is 11.0. The van der Waals surface area contributed by atoms with Gasteiger partial charge in [-0.1, -0.05) is 6.92 Å². The Bertz CT molecular complexity index is 871. The van der Waals surface area contributed by atoms with Gasteiger partial charge in [-0.2, -0.15) is 0 Å². The van der Waals surface area contributed by atoms with Crippen molar-refractivity contribution in [1.29, 1.82) is 0 Å². The third-order valence-electron chi connectivity index (χ3n) is 3.78. The van der Waals surface area contributed by atoms with E-state index in [1.807, 2.05) is 0 Å². The number of anilines is 1. The van der Waals surface area contributed by atoms with Crippen molar-refractivity contribution in [2.75, 3.05) is 25.6 Å². The topological polar surface area (TPSA) is 106 Å². The second-order valence-corrected chi connectivity index (χ2v) is 6.73. The third-order valence-corrected chi connectivity index (χ3v) is 4.40. The zero-order valence-corrected chi connectivity index (χ0v) is 17.7. The fraction of sp³-hybridized carbons (Fsp3) is 0.250. The molecule has 0 bridgehead atoms. The summed E-state index contributed by atoms with van der Waals surface area (Å²) in [5.74, 6) is -0.492. The molecule has 0 aliphatic carbocycles. The van der Waals surface area contributed by atoms with Crippen LogP contribution in [0.5, 0.6) is 5.75 Å². The van der Waals surface area contributed by atoms with E-state index in [4.69, 9.17) is 9.47 Å². The van der Waals surface area contributed by atoms with Crippen LogP contribution in [0.2, 0.25) is 0 Å². The van der Waals surface area contributed by atoms with E-state index in [0.717, 1.165) is 0 Å². The van der Waals surface area contributed by atoms with Gasteiger partial charge in [0.2, 0.25) is 5.91 Å². The van der Waals surface area contributed by atoms with Crippen LogP contribution in [0.1, 0.15) is 34.1 Å². The van der Waals surface area contributed by atoms with Gasteiger partial charge in [-0.15, -0.1) is 0 Å². The number of hydrogen-bond donors (Lipinski definition) is 3. The van der Waals surface area contributed by atoms with Crippen LogP contribution in [-0.4, -0.2) is 38.0 Å². The highest BCUT2D eigenvalue weighted by atomic mass is 79.9. The largest absolute Gasteiger partial charge is 0.490 e. The summed E-state index contributed by atoms with van der Waals surface area (Å²) >= 11 is 3.35. The molecule has 0 unspecified atom stereocenters. The average molecular weight is 464 g/mol. The number of ether oxygens (including phenoxy) is 2. The predicted molar refractivity (Wildman–Crippen MR) is 112 cm³/mol. The van der Waals surface area contributed by atoms with Crippen LogP contribution in [0, 0.1) is 0 Å². The molecule has 9 heteroatoms. The van der Waals surface area contributed by atoms with Gasteiger partial charge >= 0.3 is 0 Å². The SMILES string of the molecule is CCC(=O)Nc1ccc(C(=O)NNC(=O)c2ccc(OCCOC)c(Br)c2)cc1. The first-order chi connectivity index (χ1) is 13.9. The number of amides is 3. The van der Waals surface area contributed by atoms with Gasteiger partial charge in [0.05, 0.1) is 11.1 Å². The molecule has 3 amide bonds. The molecule has 0 spiro atoms. The number of nitrogens with one attached hydrogen (secondary N) is 3. The summed E-state index contributed by atoms with van der Waals surface area (Å²) in [6.45, 7) is 2.59. The first-order valence-electron chi connectivity index (χ1n) is 8.86. The van der Waals surface area contributed by atoms with Crippen LogP contribution in [0.4, 0.5) is 5.69 Å². The van der Waals surface area contributed by atoms with Crippen LogP contribution in [-0.2, 0) is 9.53 Å². The van der Waals surface area contributed by atoms with Crippen molar-refractivity contribution >= 4 is 39.3 Å². The van der Waals surface area contributed by atoms with Gasteiger partial charge in [-0.05, 0) is 58.4 Å². The standard InChI is InChI=1S/C20H22BrN3O5/c1-3-18(25)22-15-7-4-13(5-8-15)19(26)23-24-20(27)14-6-9-17(16(21)12-14)29-11-10-28-2/h4-9,12H,3,10-11H2,1-2H3,(H,22,25)(H,23,26)(H,24,27). The lowest BCUT2D eigenvalue weighted by Crippen LogP contribution is -2.41. The van der Waals surface area contributed by atoms with Crippen LogP contribution in [0.15, 0.2) is 46.9 Å². The Hall–Kier alpha value is -2.91. The number of benzene rings is 2. The zero-order chi connectivity index (χ0) is 21.2. The quantitative estimate of drug-likeness (QED) is 0.412. The van der Waals surface area contributed by atoms with E-state index in [0.29, 0.717) is 46.7 Å². The van der Waals surface area contributed by atoms with Crippen molar-refractivity contribution in [2.24, 2.45) is 0 Å². The van der Waals surface area contributed by atoms with E-state index < -0.39 is 11.8 Å². The minimum Gasteiger partial charge on any atom is -0.490 e. The number of halogens is 1. The molecule has 2 aromatic carbocycles. The number of rotatable bonds is 8. The lowest BCUT2D eigenvalue weighted by atomic mass is 10.2. The Morgan fingerprint density at radius 3 is 2.14 bits per heavy atom. The van der Waals surface area contributed by atoms with Crippen LogP contribution < -0.4 is 20.9 Å². The van der Waals surface area contributed by atoms with Gasteiger partial charge in [0, 0.05) is 30.3 Å². The van der Waals surface area contributed by atoms with Gasteiger partial charge < -0.3 is 14.8 Å². The summed E-state index contributed by atoms with van der Waals surface area (Å²) in [6.07, 6.45) is 0.366. The summed E-state index contributed by atoms with van der Waals surface area (Å²) in [5.41, 5.74) is 5.99. The van der Waals surface area contributed by atoms with Gasteiger partial charge in [-0.3, -0.25) is 25.2 Å². The molecule has 3 N–H and O–H groups in total. The number of carbonyl (C=O) groups excluding carboxylic acids is 3. The molecule has 0 aliphatic rings. The molecule has 0 aromatic heterocycles. The molecular weight excluding hydrogens is 442 g/mol. The van der Waals surface area contributed by atoms with Gasteiger partial charge in [-0.25, -0.2) is 0 Å². The lowest BCUT2D eigenvalue weighted by Gasteiger charge is -2.11. The molecule has 2 rings (SSSR count). The van der Waals surface area contributed by atoms with Gasteiger partial charge in [0.15, 0.2) is 0 Å². The van der Waals surface area contributed by atoms with Crippen LogP contribution in [0.3, 0.4) is 0 Å². The number of hydrogen-bond acceptors (Lipinski definition) is 5. The van der Waals surface area contributed by atoms with E-state index in [1.165, 1.54) is 0 Å². The molecule has 0 heterocycles. The molecule has 0 atom stereocenters. The fourth-order valence-electron chi connectivity index (χ4n) is 2.21. The Morgan fingerprint density at radius 1 is 0.931 bits per heavy atom. The third kappa shape index (κ3) is 6.88. The summed E-state index contributed by atoms with van der Waals surface area (Å²) in [7, 11) is 1.58. The molecule has 0 aliphatic heterocycles. The average Bonchev–Trinajstić information content (AvgIpc) is 2.73. The first kappa shape index (κ1) is 22.4. The molecule has 0 saturated carbocycles. The highest BCUT2D eigenvalue weighted by Crippen LogP contribution is 2.26. The van der Waals surface area contributed by atoms with E-state index in [2.05, 4.69) is 32.1 Å². The number of carbonyl (C=O) groups is 3. The Morgan fingerprint density at radius 2 is 1.55 bits per heavy atom. The van der Waals surface area contributed by atoms with Crippen molar-refractivity contribution in [2.45, 2.75) is 13.3 Å². The second kappa shape index (κ2) is 11.2. The Labute approximate surface area is 177 Å². The number of methoxy groups -OCH3 is 1. The highest BCUT2D eigenvalue weighted by Gasteiger charge is 2.12. The maximum Gasteiger partial charge on any atom is 0.269 e. The molecule has 0 fully saturated rings. The zero-order valence-electron chi connectivity index (χ0n) is 16.1. The van der Waals surface area contributed by atoms with Crippen molar-refractivity contribution in [3.8, 4) is 5.75 Å². The Balaban J connectivity index is 1.90. The van der Waals surface area contributed by atoms with Gasteiger partial charge in [0.1, 0.15) is 12.4 Å². The molecule has 2 aromatic rings. The van der Waals surface area contributed by atoms with Crippen molar-refractivity contribution in [3.63, 3.8) is 0 Å². The van der Waals surface area contributed by atoms with Crippen molar-refractivity contribution < 1.29 is 23.9 Å². The fourth-order valence-corrected chi connectivity index (χ4v) is 2.70. The lowest BCUT2D eigenvalue weighted by molar-refractivity contribution is -0.115. The van der Waals surface area contributed by atoms with Gasteiger partial charge in [0.25, 0.3) is 11.8 Å². The van der Waals surface area contributed by atoms with E-state index in [9.17, 15) is 14.4 Å². The molecule has 8 nitrogen and oxygen atoms in total. The maximum atomic E-state index is 12.3. The summed E-state index contributed by atoms with van der Waals surface area (Å²) in [6, 6.07) is 11.2. The van der Waals surface area contributed by atoms with E-state index in [1.54, 1.807) is 56.5 Å². The Kier molecular flexibility index (Phi) is 8.63. The van der Waals surface area contributed by atoms with Crippen LogP contribution in [0.25, 0.3) is 0 Å². The summed E-state index contributed by atoms with van der Waals surface area (Å²) in [5, 5.41) is 2.69. The van der Waals surface area contributed by atoms with Crippen molar-refractivity contribution in [3.05, 3.63) is 58.1 Å². The second-order valence-electron chi connectivity index (χ2n) is 5.87. The normalized spacial score (nSPS) is 10.2. The minimum atomic E-state index is -0.481.